The Balaban J connectivity index is 2.60. The van der Waals surface area contributed by atoms with Gasteiger partial charge in [-0.05, 0) is 31.0 Å². The number of rotatable bonds is 4. The summed E-state index contributed by atoms with van der Waals surface area (Å²) >= 11 is 3.27. The molecule has 0 aliphatic heterocycles. The van der Waals surface area contributed by atoms with Crippen molar-refractivity contribution in [2.45, 2.75) is 18.7 Å². The zero-order chi connectivity index (χ0) is 12.1. The average Bonchev–Trinajstić information content (AvgIpc) is 2.28. The van der Waals surface area contributed by atoms with Gasteiger partial charge in [0.15, 0.2) is 0 Å². The molecule has 0 amide bonds. The van der Waals surface area contributed by atoms with E-state index < -0.39 is 0 Å². The molecule has 0 radical (unpaired) electrons. The first-order chi connectivity index (χ1) is 7.54. The topological polar surface area (TPSA) is 38.3 Å². The molecule has 1 atom stereocenters. The van der Waals surface area contributed by atoms with Crippen LogP contribution in [0.2, 0.25) is 0 Å². The van der Waals surface area contributed by atoms with Gasteiger partial charge in [-0.3, -0.25) is 4.79 Å². The van der Waals surface area contributed by atoms with Crippen molar-refractivity contribution in [1.82, 2.24) is 0 Å². The number of benzene rings is 1. The zero-order valence-electron chi connectivity index (χ0n) is 9.71. The maximum atomic E-state index is 11.2. The van der Waals surface area contributed by atoms with Crippen LogP contribution in [-0.4, -0.2) is 24.5 Å². The van der Waals surface area contributed by atoms with Crippen LogP contribution in [0, 0.1) is 13.8 Å². The van der Waals surface area contributed by atoms with E-state index in [0.29, 0.717) is 6.54 Å². The molecular weight excluding hydrogens is 270 g/mol. The average molecular weight is 286 g/mol. The molecule has 0 spiro atoms. The number of anilines is 1. The third kappa shape index (κ3) is 3.52. The summed E-state index contributed by atoms with van der Waals surface area (Å²) in [6.07, 6.45) is 0. The van der Waals surface area contributed by atoms with Crippen LogP contribution in [0.4, 0.5) is 5.69 Å². The standard InChI is InChI=1S/C12H16BrNO2/c1-8-4-5-9(2)11(6-8)14-7-10(13)12(15)16-3/h4-6,10,14H,7H2,1-3H3. The van der Waals surface area contributed by atoms with E-state index >= 15 is 0 Å². The second-order valence-electron chi connectivity index (χ2n) is 3.69. The Morgan fingerprint density at radius 3 is 2.81 bits per heavy atom. The lowest BCUT2D eigenvalue weighted by atomic mass is 10.1. The van der Waals surface area contributed by atoms with Gasteiger partial charge in [-0.1, -0.05) is 28.1 Å². The van der Waals surface area contributed by atoms with E-state index in [4.69, 9.17) is 0 Å². The second kappa shape index (κ2) is 5.89. The molecule has 0 aliphatic rings. The van der Waals surface area contributed by atoms with Crippen molar-refractivity contribution in [3.05, 3.63) is 29.3 Å². The number of hydrogen-bond donors (Lipinski definition) is 1. The Hall–Kier alpha value is -1.03. The van der Waals surface area contributed by atoms with E-state index in [-0.39, 0.29) is 10.8 Å². The van der Waals surface area contributed by atoms with Crippen molar-refractivity contribution in [3.8, 4) is 0 Å². The number of halogens is 1. The van der Waals surface area contributed by atoms with Gasteiger partial charge < -0.3 is 10.1 Å². The normalized spacial score (nSPS) is 12.0. The fraction of sp³-hybridized carbons (Fsp3) is 0.417. The van der Waals surface area contributed by atoms with Crippen molar-refractivity contribution >= 4 is 27.6 Å². The molecule has 0 saturated carbocycles. The van der Waals surface area contributed by atoms with Crippen molar-refractivity contribution < 1.29 is 9.53 Å². The zero-order valence-corrected chi connectivity index (χ0v) is 11.3. The minimum absolute atomic E-state index is 0.266. The van der Waals surface area contributed by atoms with Crippen molar-refractivity contribution in [2.75, 3.05) is 19.0 Å². The minimum atomic E-state index is -0.322. The molecule has 0 saturated heterocycles. The van der Waals surface area contributed by atoms with E-state index in [1.165, 1.54) is 12.7 Å². The van der Waals surface area contributed by atoms with Gasteiger partial charge in [0.25, 0.3) is 0 Å². The number of nitrogens with one attached hydrogen (secondary N) is 1. The van der Waals surface area contributed by atoms with Crippen LogP contribution in [0.15, 0.2) is 18.2 Å². The second-order valence-corrected chi connectivity index (χ2v) is 4.80. The SMILES string of the molecule is COC(=O)C(Br)CNc1cc(C)ccc1C. The van der Waals surface area contributed by atoms with Crippen molar-refractivity contribution in [2.24, 2.45) is 0 Å². The highest BCUT2D eigenvalue weighted by atomic mass is 79.9. The summed E-state index contributed by atoms with van der Waals surface area (Å²) in [7, 11) is 1.38. The van der Waals surface area contributed by atoms with Gasteiger partial charge in [-0.25, -0.2) is 0 Å². The van der Waals surface area contributed by atoms with Gasteiger partial charge >= 0.3 is 5.97 Å². The highest BCUT2D eigenvalue weighted by Crippen LogP contribution is 2.17. The van der Waals surface area contributed by atoms with Crippen LogP contribution < -0.4 is 5.32 Å². The molecule has 1 aromatic rings. The predicted molar refractivity (Wildman–Crippen MR) is 69.1 cm³/mol. The number of esters is 1. The summed E-state index contributed by atoms with van der Waals surface area (Å²) in [4.78, 5) is 10.9. The van der Waals surface area contributed by atoms with Gasteiger partial charge in [-0.2, -0.15) is 0 Å². The monoisotopic (exact) mass is 285 g/mol. The summed E-state index contributed by atoms with van der Waals surface area (Å²) in [6, 6.07) is 6.18. The predicted octanol–water partition coefficient (Wildman–Crippen LogP) is 2.65. The van der Waals surface area contributed by atoms with Gasteiger partial charge in [0.1, 0.15) is 4.83 Å². The molecule has 0 bridgehead atoms. The molecule has 0 fully saturated rings. The molecule has 0 heterocycles. The molecule has 0 aromatic heterocycles. The summed E-state index contributed by atoms with van der Waals surface area (Å²) in [5.74, 6) is -0.266. The maximum Gasteiger partial charge on any atom is 0.321 e. The van der Waals surface area contributed by atoms with Crippen molar-refractivity contribution in [1.29, 1.82) is 0 Å². The quantitative estimate of drug-likeness (QED) is 0.683. The Bertz CT molecular complexity index is 379. The van der Waals surface area contributed by atoms with Crippen LogP contribution in [0.25, 0.3) is 0 Å². The van der Waals surface area contributed by atoms with E-state index in [1.807, 2.05) is 13.8 Å². The van der Waals surface area contributed by atoms with Gasteiger partial charge in [0.2, 0.25) is 0 Å². The van der Waals surface area contributed by atoms with E-state index in [9.17, 15) is 4.79 Å². The van der Waals surface area contributed by atoms with Gasteiger partial charge in [0, 0.05) is 12.2 Å². The summed E-state index contributed by atoms with van der Waals surface area (Å²) in [5, 5.41) is 3.22. The molecule has 1 aromatic carbocycles. The van der Waals surface area contributed by atoms with Crippen molar-refractivity contribution in [3.63, 3.8) is 0 Å². The van der Waals surface area contributed by atoms with Crippen LogP contribution >= 0.6 is 15.9 Å². The van der Waals surface area contributed by atoms with Gasteiger partial charge in [-0.15, -0.1) is 0 Å². The number of aryl methyl sites for hydroxylation is 2. The lowest BCUT2D eigenvalue weighted by Gasteiger charge is -2.13. The lowest BCUT2D eigenvalue weighted by molar-refractivity contribution is -0.139. The smallest absolute Gasteiger partial charge is 0.321 e. The first kappa shape index (κ1) is 13.0. The summed E-state index contributed by atoms with van der Waals surface area (Å²) in [5.41, 5.74) is 3.40. The molecule has 1 rings (SSSR count). The number of ether oxygens (including phenoxy) is 1. The molecular formula is C12H16BrNO2. The highest BCUT2D eigenvalue weighted by Gasteiger charge is 2.14. The summed E-state index contributed by atoms with van der Waals surface area (Å²) < 4.78 is 4.63. The fourth-order valence-electron chi connectivity index (χ4n) is 1.34. The molecule has 88 valence electrons. The Morgan fingerprint density at radius 1 is 1.50 bits per heavy atom. The molecule has 1 N–H and O–H groups in total. The number of carbonyl (C=O) groups is 1. The third-order valence-electron chi connectivity index (χ3n) is 2.32. The molecule has 1 unspecified atom stereocenters. The first-order valence-electron chi connectivity index (χ1n) is 5.07. The van der Waals surface area contributed by atoms with Gasteiger partial charge in [0.05, 0.1) is 7.11 Å². The van der Waals surface area contributed by atoms with Crippen LogP contribution in [0.3, 0.4) is 0 Å². The van der Waals surface area contributed by atoms with E-state index in [1.54, 1.807) is 0 Å². The summed E-state index contributed by atoms with van der Waals surface area (Å²) in [6.45, 7) is 4.58. The number of hydrogen-bond acceptors (Lipinski definition) is 3. The Kier molecular flexibility index (Phi) is 4.80. The van der Waals surface area contributed by atoms with E-state index in [0.717, 1.165) is 11.3 Å². The number of carbonyl (C=O) groups excluding carboxylic acids is 1. The minimum Gasteiger partial charge on any atom is -0.468 e. The maximum absolute atomic E-state index is 11.2. The fourth-order valence-corrected chi connectivity index (χ4v) is 1.69. The largest absolute Gasteiger partial charge is 0.468 e. The van der Waals surface area contributed by atoms with Crippen LogP contribution in [0.1, 0.15) is 11.1 Å². The lowest BCUT2D eigenvalue weighted by Crippen LogP contribution is -2.24. The number of methoxy groups -OCH3 is 1. The van der Waals surface area contributed by atoms with Crippen LogP contribution in [0.5, 0.6) is 0 Å². The van der Waals surface area contributed by atoms with Crippen LogP contribution in [-0.2, 0) is 9.53 Å². The molecule has 4 heteroatoms. The molecule has 16 heavy (non-hydrogen) atoms. The highest BCUT2D eigenvalue weighted by molar-refractivity contribution is 9.10. The molecule has 3 nitrogen and oxygen atoms in total. The molecule has 0 aliphatic carbocycles. The van der Waals surface area contributed by atoms with E-state index in [2.05, 4.69) is 44.2 Å². The third-order valence-corrected chi connectivity index (χ3v) is 3.02. The Labute approximate surface area is 104 Å². The Morgan fingerprint density at radius 2 is 2.19 bits per heavy atom. The first-order valence-corrected chi connectivity index (χ1v) is 5.99. The number of alkyl halides is 1.